The van der Waals surface area contributed by atoms with Crippen LogP contribution >= 0.6 is 0 Å². The number of hydrogen-bond acceptors (Lipinski definition) is 2. The van der Waals surface area contributed by atoms with E-state index in [1.807, 2.05) is 13.8 Å². The monoisotopic (exact) mass is 238 g/mol. The van der Waals surface area contributed by atoms with Gasteiger partial charge in [-0.25, -0.2) is 0 Å². The molecule has 1 aliphatic carbocycles. The van der Waals surface area contributed by atoms with Crippen molar-refractivity contribution in [2.24, 2.45) is 0 Å². The van der Waals surface area contributed by atoms with E-state index in [1.54, 1.807) is 6.08 Å². The molecule has 1 fully saturated rings. The molecule has 0 radical (unpaired) electrons. The summed E-state index contributed by atoms with van der Waals surface area (Å²) in [6.45, 7) is 4.66. The predicted octanol–water partition coefficient (Wildman–Crippen LogP) is 2.33. The highest BCUT2D eigenvalue weighted by Crippen LogP contribution is 2.31. The number of carbonyl (C=O) groups is 1. The fraction of sp³-hybridized carbons (Fsp3) is 0.786. The van der Waals surface area contributed by atoms with Gasteiger partial charge < -0.3 is 10.2 Å². The molecule has 1 saturated carbocycles. The molecular formula is C14H26N2O. The van der Waals surface area contributed by atoms with Gasteiger partial charge in [0, 0.05) is 18.2 Å². The zero-order chi connectivity index (χ0) is 12.9. The molecule has 0 spiro atoms. The topological polar surface area (TPSA) is 32.3 Å². The molecule has 1 N–H and O–H groups in total. The maximum atomic E-state index is 11.7. The van der Waals surface area contributed by atoms with Gasteiger partial charge in [-0.3, -0.25) is 4.79 Å². The third kappa shape index (κ3) is 4.15. The molecule has 0 heterocycles. The van der Waals surface area contributed by atoms with Crippen LogP contribution in [0.1, 0.15) is 46.0 Å². The molecule has 0 saturated heterocycles. The minimum atomic E-state index is 0.0387. The minimum Gasteiger partial charge on any atom is -0.351 e. The van der Waals surface area contributed by atoms with Crippen LogP contribution in [0.3, 0.4) is 0 Å². The van der Waals surface area contributed by atoms with Gasteiger partial charge >= 0.3 is 0 Å². The van der Waals surface area contributed by atoms with E-state index in [4.69, 9.17) is 0 Å². The van der Waals surface area contributed by atoms with Gasteiger partial charge in [-0.05, 0) is 40.8 Å². The van der Waals surface area contributed by atoms with Crippen LogP contribution in [0.2, 0.25) is 0 Å². The second kappa shape index (κ2) is 6.20. The van der Waals surface area contributed by atoms with Crippen molar-refractivity contribution in [2.45, 2.75) is 51.5 Å². The Labute approximate surface area is 105 Å². The quantitative estimate of drug-likeness (QED) is 0.762. The van der Waals surface area contributed by atoms with Gasteiger partial charge in [-0.15, -0.1) is 0 Å². The third-order valence-corrected chi connectivity index (χ3v) is 3.74. The fourth-order valence-corrected chi connectivity index (χ4v) is 2.56. The van der Waals surface area contributed by atoms with Gasteiger partial charge in [0.2, 0.25) is 5.91 Å². The van der Waals surface area contributed by atoms with Gasteiger partial charge in [0.05, 0.1) is 0 Å². The second-order valence-electron chi connectivity index (χ2n) is 5.62. The standard InChI is InChI=1S/C14H26N2O/c1-12(2)10-13(17)15-11-14(16(3)4)8-6-5-7-9-14/h10H,5-9,11H2,1-4H3,(H,15,17). The largest absolute Gasteiger partial charge is 0.351 e. The summed E-state index contributed by atoms with van der Waals surface area (Å²) in [5.74, 6) is 0.0387. The summed E-state index contributed by atoms with van der Waals surface area (Å²) in [6, 6.07) is 0. The van der Waals surface area contributed by atoms with Crippen LogP contribution < -0.4 is 5.32 Å². The van der Waals surface area contributed by atoms with Crippen molar-refractivity contribution in [3.05, 3.63) is 11.6 Å². The van der Waals surface area contributed by atoms with Crippen LogP contribution in [-0.4, -0.2) is 37.0 Å². The molecule has 3 heteroatoms. The summed E-state index contributed by atoms with van der Waals surface area (Å²) in [5, 5.41) is 3.05. The van der Waals surface area contributed by atoms with E-state index >= 15 is 0 Å². The number of hydrogen-bond donors (Lipinski definition) is 1. The van der Waals surface area contributed by atoms with Gasteiger partial charge in [-0.1, -0.05) is 24.8 Å². The first-order valence-electron chi connectivity index (χ1n) is 6.56. The van der Waals surface area contributed by atoms with Crippen molar-refractivity contribution < 1.29 is 4.79 Å². The van der Waals surface area contributed by atoms with Gasteiger partial charge in [0.1, 0.15) is 0 Å². The van der Waals surface area contributed by atoms with Gasteiger partial charge in [0.15, 0.2) is 0 Å². The summed E-state index contributed by atoms with van der Waals surface area (Å²) in [5.41, 5.74) is 1.22. The van der Waals surface area contributed by atoms with Crippen molar-refractivity contribution in [1.29, 1.82) is 0 Å². The summed E-state index contributed by atoms with van der Waals surface area (Å²) < 4.78 is 0. The number of likely N-dealkylation sites (N-methyl/N-ethyl adjacent to an activating group) is 1. The Kier molecular flexibility index (Phi) is 5.19. The van der Waals surface area contributed by atoms with E-state index in [9.17, 15) is 4.79 Å². The molecule has 0 aromatic carbocycles. The molecule has 0 unspecified atom stereocenters. The number of nitrogens with one attached hydrogen (secondary N) is 1. The molecule has 17 heavy (non-hydrogen) atoms. The summed E-state index contributed by atoms with van der Waals surface area (Å²) in [7, 11) is 4.25. The molecule has 0 aromatic heterocycles. The van der Waals surface area contributed by atoms with Gasteiger partial charge in [-0.2, -0.15) is 0 Å². The molecular weight excluding hydrogens is 212 g/mol. The van der Waals surface area contributed by atoms with E-state index in [0.29, 0.717) is 0 Å². The van der Waals surface area contributed by atoms with E-state index in [1.165, 1.54) is 32.1 Å². The van der Waals surface area contributed by atoms with Gasteiger partial charge in [0.25, 0.3) is 0 Å². The number of allylic oxidation sites excluding steroid dienone is 1. The maximum absolute atomic E-state index is 11.7. The minimum absolute atomic E-state index is 0.0387. The van der Waals surface area contributed by atoms with E-state index in [2.05, 4.69) is 24.3 Å². The van der Waals surface area contributed by atoms with Crippen molar-refractivity contribution in [3.63, 3.8) is 0 Å². The summed E-state index contributed by atoms with van der Waals surface area (Å²) in [6.07, 6.45) is 7.93. The van der Waals surface area contributed by atoms with Crippen LogP contribution in [-0.2, 0) is 4.79 Å². The van der Waals surface area contributed by atoms with Crippen LogP contribution in [0.4, 0.5) is 0 Å². The summed E-state index contributed by atoms with van der Waals surface area (Å²) >= 11 is 0. The van der Waals surface area contributed by atoms with Crippen molar-refractivity contribution in [1.82, 2.24) is 10.2 Å². The van der Waals surface area contributed by atoms with E-state index in [0.717, 1.165) is 12.1 Å². The molecule has 1 aliphatic rings. The van der Waals surface area contributed by atoms with Crippen molar-refractivity contribution in [2.75, 3.05) is 20.6 Å². The Hall–Kier alpha value is -0.830. The number of rotatable bonds is 4. The first-order chi connectivity index (χ1) is 7.96. The molecule has 1 rings (SSSR count). The maximum Gasteiger partial charge on any atom is 0.243 e. The SMILES string of the molecule is CC(C)=CC(=O)NCC1(N(C)C)CCCCC1. The molecule has 0 bridgehead atoms. The normalized spacial score (nSPS) is 18.9. The Bertz CT molecular complexity index is 285. The lowest BCUT2D eigenvalue weighted by molar-refractivity contribution is -0.117. The van der Waals surface area contributed by atoms with E-state index < -0.39 is 0 Å². The molecule has 1 amide bonds. The Morgan fingerprint density at radius 1 is 1.24 bits per heavy atom. The Balaban J connectivity index is 2.56. The molecule has 0 atom stereocenters. The van der Waals surface area contributed by atoms with Crippen LogP contribution in [0.15, 0.2) is 11.6 Å². The second-order valence-corrected chi connectivity index (χ2v) is 5.62. The molecule has 98 valence electrons. The highest BCUT2D eigenvalue weighted by atomic mass is 16.1. The number of amides is 1. The zero-order valence-electron chi connectivity index (χ0n) is 11.7. The van der Waals surface area contributed by atoms with Crippen LogP contribution in [0.5, 0.6) is 0 Å². The number of carbonyl (C=O) groups excluding carboxylic acids is 1. The van der Waals surface area contributed by atoms with Crippen molar-refractivity contribution >= 4 is 5.91 Å². The number of nitrogens with zero attached hydrogens (tertiary/aromatic N) is 1. The Morgan fingerprint density at radius 3 is 2.29 bits per heavy atom. The lowest BCUT2D eigenvalue weighted by Crippen LogP contribution is -2.53. The first-order valence-corrected chi connectivity index (χ1v) is 6.56. The predicted molar refractivity (Wildman–Crippen MR) is 71.9 cm³/mol. The molecule has 3 nitrogen and oxygen atoms in total. The lowest BCUT2D eigenvalue weighted by Gasteiger charge is -2.43. The lowest BCUT2D eigenvalue weighted by atomic mass is 9.80. The summed E-state index contributed by atoms with van der Waals surface area (Å²) in [4.78, 5) is 13.9. The fourth-order valence-electron chi connectivity index (χ4n) is 2.56. The van der Waals surface area contributed by atoms with E-state index in [-0.39, 0.29) is 11.4 Å². The third-order valence-electron chi connectivity index (χ3n) is 3.74. The first kappa shape index (κ1) is 14.2. The molecule has 0 aliphatic heterocycles. The Morgan fingerprint density at radius 2 is 1.82 bits per heavy atom. The van der Waals surface area contributed by atoms with Crippen LogP contribution in [0, 0.1) is 0 Å². The van der Waals surface area contributed by atoms with Crippen molar-refractivity contribution in [3.8, 4) is 0 Å². The average Bonchev–Trinajstić information content (AvgIpc) is 2.26. The smallest absolute Gasteiger partial charge is 0.243 e. The van der Waals surface area contributed by atoms with Crippen LogP contribution in [0.25, 0.3) is 0 Å². The zero-order valence-corrected chi connectivity index (χ0v) is 11.7. The highest BCUT2D eigenvalue weighted by Gasteiger charge is 2.34. The molecule has 0 aromatic rings. The average molecular weight is 238 g/mol. The highest BCUT2D eigenvalue weighted by molar-refractivity contribution is 5.88.